The highest BCUT2D eigenvalue weighted by atomic mass is 16.5. The molecule has 0 bridgehead atoms. The maximum Gasteiger partial charge on any atom is 0.262 e. The van der Waals surface area contributed by atoms with Crippen molar-refractivity contribution in [1.82, 2.24) is 0 Å². The number of primary amides is 1. The standard InChI is InChI=1S/C21H24N2O5/c1-14-7-8-18(19(10-14)28-12-17-6-3-9-26-17)23-20(24)13-27-16-5-2-4-15(11-16)21(22)25/h2,4-5,7-8,10-11,17H,3,6,9,12-13H2,1H3,(H2,22,25)(H,23,24). The van der Waals surface area contributed by atoms with E-state index in [-0.39, 0.29) is 18.6 Å². The average molecular weight is 384 g/mol. The molecule has 2 amide bonds. The van der Waals surface area contributed by atoms with Gasteiger partial charge in [-0.05, 0) is 55.7 Å². The smallest absolute Gasteiger partial charge is 0.262 e. The summed E-state index contributed by atoms with van der Waals surface area (Å²) >= 11 is 0. The Hall–Kier alpha value is -3.06. The lowest BCUT2D eigenvalue weighted by Crippen LogP contribution is -2.22. The molecule has 148 valence electrons. The van der Waals surface area contributed by atoms with Crippen LogP contribution in [0.2, 0.25) is 0 Å². The topological polar surface area (TPSA) is 99.9 Å². The number of carbonyl (C=O) groups is 2. The fraction of sp³-hybridized carbons (Fsp3) is 0.333. The van der Waals surface area contributed by atoms with Crippen LogP contribution in [0.3, 0.4) is 0 Å². The Morgan fingerprint density at radius 3 is 2.82 bits per heavy atom. The maximum atomic E-state index is 12.3. The number of benzene rings is 2. The van der Waals surface area contributed by atoms with Gasteiger partial charge in [0.05, 0.1) is 11.8 Å². The molecule has 0 aromatic heterocycles. The van der Waals surface area contributed by atoms with E-state index in [2.05, 4.69) is 5.32 Å². The van der Waals surface area contributed by atoms with Crippen LogP contribution in [0.5, 0.6) is 11.5 Å². The second-order valence-corrected chi connectivity index (χ2v) is 6.67. The molecule has 28 heavy (non-hydrogen) atoms. The van der Waals surface area contributed by atoms with Gasteiger partial charge in [-0.15, -0.1) is 0 Å². The highest BCUT2D eigenvalue weighted by Gasteiger charge is 2.17. The normalized spacial score (nSPS) is 15.8. The lowest BCUT2D eigenvalue weighted by molar-refractivity contribution is -0.118. The Morgan fingerprint density at radius 2 is 2.07 bits per heavy atom. The summed E-state index contributed by atoms with van der Waals surface area (Å²) in [4.78, 5) is 23.5. The molecule has 0 radical (unpaired) electrons. The maximum absolute atomic E-state index is 12.3. The Labute approximate surface area is 163 Å². The van der Waals surface area contributed by atoms with Crippen LogP contribution in [0.15, 0.2) is 42.5 Å². The Morgan fingerprint density at radius 1 is 1.21 bits per heavy atom. The first-order chi connectivity index (χ1) is 13.5. The fourth-order valence-corrected chi connectivity index (χ4v) is 2.89. The first kappa shape index (κ1) is 19.7. The van der Waals surface area contributed by atoms with Gasteiger partial charge in [0, 0.05) is 12.2 Å². The highest BCUT2D eigenvalue weighted by Crippen LogP contribution is 2.27. The third-order valence-corrected chi connectivity index (χ3v) is 4.35. The first-order valence-corrected chi connectivity index (χ1v) is 9.19. The summed E-state index contributed by atoms with van der Waals surface area (Å²) in [7, 11) is 0. The number of ether oxygens (including phenoxy) is 3. The number of amides is 2. The van der Waals surface area contributed by atoms with E-state index < -0.39 is 5.91 Å². The monoisotopic (exact) mass is 384 g/mol. The molecule has 2 aromatic rings. The third kappa shape index (κ3) is 5.47. The minimum absolute atomic E-state index is 0.0879. The van der Waals surface area contributed by atoms with E-state index in [9.17, 15) is 9.59 Å². The second-order valence-electron chi connectivity index (χ2n) is 6.67. The number of anilines is 1. The Balaban J connectivity index is 1.58. The number of carbonyl (C=O) groups excluding carboxylic acids is 2. The average Bonchev–Trinajstić information content (AvgIpc) is 3.20. The molecule has 0 spiro atoms. The van der Waals surface area contributed by atoms with Crippen LogP contribution < -0.4 is 20.5 Å². The zero-order valence-corrected chi connectivity index (χ0v) is 15.8. The van der Waals surface area contributed by atoms with Crippen LogP contribution >= 0.6 is 0 Å². The SMILES string of the molecule is Cc1ccc(NC(=O)COc2cccc(C(N)=O)c2)c(OCC2CCCO2)c1. The second kappa shape index (κ2) is 9.23. The summed E-state index contributed by atoms with van der Waals surface area (Å²) in [6, 6.07) is 11.9. The molecule has 1 aliphatic heterocycles. The highest BCUT2D eigenvalue weighted by molar-refractivity contribution is 5.94. The zero-order valence-electron chi connectivity index (χ0n) is 15.8. The van der Waals surface area contributed by atoms with Gasteiger partial charge in [0.15, 0.2) is 6.61 Å². The minimum atomic E-state index is -0.553. The predicted molar refractivity (Wildman–Crippen MR) is 105 cm³/mol. The van der Waals surface area contributed by atoms with Crippen LogP contribution in [-0.2, 0) is 9.53 Å². The molecule has 1 heterocycles. The van der Waals surface area contributed by atoms with Gasteiger partial charge in [-0.1, -0.05) is 12.1 Å². The van der Waals surface area contributed by atoms with Crippen molar-refractivity contribution in [3.63, 3.8) is 0 Å². The molecule has 3 rings (SSSR count). The third-order valence-electron chi connectivity index (χ3n) is 4.35. The summed E-state index contributed by atoms with van der Waals surface area (Å²) < 4.78 is 16.9. The van der Waals surface area contributed by atoms with Crippen LogP contribution in [-0.4, -0.2) is 37.7 Å². The van der Waals surface area contributed by atoms with Crippen LogP contribution in [0.1, 0.15) is 28.8 Å². The predicted octanol–water partition coefficient (Wildman–Crippen LogP) is 2.67. The van der Waals surface area contributed by atoms with E-state index in [1.54, 1.807) is 24.3 Å². The summed E-state index contributed by atoms with van der Waals surface area (Å²) in [5.41, 5.74) is 7.17. The van der Waals surface area contributed by atoms with Gasteiger partial charge in [0.2, 0.25) is 5.91 Å². The number of aryl methyl sites for hydroxylation is 1. The lowest BCUT2D eigenvalue weighted by Gasteiger charge is -2.16. The van der Waals surface area contributed by atoms with Crippen LogP contribution in [0.4, 0.5) is 5.69 Å². The van der Waals surface area contributed by atoms with Gasteiger partial charge in [-0.2, -0.15) is 0 Å². The molecule has 0 aliphatic carbocycles. The number of hydrogen-bond donors (Lipinski definition) is 2. The molecule has 1 saturated heterocycles. The summed E-state index contributed by atoms with van der Waals surface area (Å²) in [5.74, 6) is 0.0997. The van der Waals surface area contributed by atoms with Crippen molar-refractivity contribution in [2.75, 3.05) is 25.1 Å². The van der Waals surface area contributed by atoms with Crippen molar-refractivity contribution in [2.45, 2.75) is 25.9 Å². The molecule has 0 saturated carbocycles. The van der Waals surface area contributed by atoms with E-state index in [4.69, 9.17) is 19.9 Å². The molecule has 1 unspecified atom stereocenters. The van der Waals surface area contributed by atoms with E-state index in [1.807, 2.05) is 19.1 Å². The molecule has 7 nitrogen and oxygen atoms in total. The van der Waals surface area contributed by atoms with Gasteiger partial charge in [0.25, 0.3) is 5.91 Å². The van der Waals surface area contributed by atoms with Gasteiger partial charge >= 0.3 is 0 Å². The van der Waals surface area contributed by atoms with Crippen molar-refractivity contribution >= 4 is 17.5 Å². The molecule has 3 N–H and O–H groups in total. The zero-order chi connectivity index (χ0) is 19.9. The van der Waals surface area contributed by atoms with Gasteiger partial charge in [0.1, 0.15) is 18.1 Å². The number of nitrogens with one attached hydrogen (secondary N) is 1. The summed E-state index contributed by atoms with van der Waals surface area (Å²) in [6.07, 6.45) is 2.11. The van der Waals surface area contributed by atoms with Crippen molar-refractivity contribution in [3.8, 4) is 11.5 Å². The van der Waals surface area contributed by atoms with Gasteiger partial charge < -0.3 is 25.3 Å². The van der Waals surface area contributed by atoms with Gasteiger partial charge in [-0.25, -0.2) is 0 Å². The van der Waals surface area contributed by atoms with E-state index in [1.165, 1.54) is 6.07 Å². The van der Waals surface area contributed by atoms with Crippen LogP contribution in [0.25, 0.3) is 0 Å². The quantitative estimate of drug-likeness (QED) is 0.729. The molecule has 1 aliphatic rings. The van der Waals surface area contributed by atoms with Crippen molar-refractivity contribution in [1.29, 1.82) is 0 Å². The van der Waals surface area contributed by atoms with E-state index >= 15 is 0 Å². The summed E-state index contributed by atoms with van der Waals surface area (Å²) in [6.45, 7) is 2.96. The summed E-state index contributed by atoms with van der Waals surface area (Å²) in [5, 5.41) is 2.80. The van der Waals surface area contributed by atoms with Gasteiger partial charge in [-0.3, -0.25) is 9.59 Å². The first-order valence-electron chi connectivity index (χ1n) is 9.19. The molecule has 1 atom stereocenters. The Kier molecular flexibility index (Phi) is 6.49. The fourth-order valence-electron chi connectivity index (χ4n) is 2.89. The van der Waals surface area contributed by atoms with Crippen molar-refractivity contribution < 1.29 is 23.8 Å². The number of nitrogens with two attached hydrogens (primary N) is 1. The van der Waals surface area contributed by atoms with E-state index in [0.29, 0.717) is 29.4 Å². The number of rotatable bonds is 8. The minimum Gasteiger partial charge on any atom is -0.489 e. The van der Waals surface area contributed by atoms with Crippen molar-refractivity contribution in [2.24, 2.45) is 5.73 Å². The number of hydrogen-bond acceptors (Lipinski definition) is 5. The molecule has 2 aromatic carbocycles. The molecule has 1 fully saturated rings. The molecule has 7 heteroatoms. The van der Waals surface area contributed by atoms with Crippen molar-refractivity contribution in [3.05, 3.63) is 53.6 Å². The van der Waals surface area contributed by atoms with Crippen LogP contribution in [0, 0.1) is 6.92 Å². The Bertz CT molecular complexity index is 846. The molecular formula is C21H24N2O5. The van der Waals surface area contributed by atoms with E-state index in [0.717, 1.165) is 25.0 Å². The molecular weight excluding hydrogens is 360 g/mol. The lowest BCUT2D eigenvalue weighted by atomic mass is 10.2. The largest absolute Gasteiger partial charge is 0.489 e.